The van der Waals surface area contributed by atoms with Crippen LogP contribution in [0.4, 0.5) is 39.7 Å². The van der Waals surface area contributed by atoms with Gasteiger partial charge in [-0.05, 0) is 24.3 Å². The van der Waals surface area contributed by atoms with Gasteiger partial charge in [0, 0.05) is 18.7 Å². The van der Waals surface area contributed by atoms with Crippen LogP contribution >= 0.6 is 10.2 Å². The summed E-state index contributed by atoms with van der Waals surface area (Å²) in [4.78, 5) is 5.30. The van der Waals surface area contributed by atoms with Crippen molar-refractivity contribution < 1.29 is 33.3 Å². The highest BCUT2D eigenvalue weighted by atomic mass is 32.5. The molecule has 1 aromatic carbocycles. The van der Waals surface area contributed by atoms with Gasteiger partial charge >= 0.3 is 16.1 Å². The number of nitrogens with zero attached hydrogens (tertiary/aromatic N) is 4. The van der Waals surface area contributed by atoms with Crippen molar-refractivity contribution in [3.63, 3.8) is 0 Å². The van der Waals surface area contributed by atoms with Crippen LogP contribution in [0.1, 0.15) is 18.4 Å². The molecule has 0 amide bonds. The summed E-state index contributed by atoms with van der Waals surface area (Å²) in [7, 11) is -9.82. The topological polar surface area (TPSA) is 75.3 Å². The third-order valence-corrected chi connectivity index (χ3v) is 4.66. The summed E-state index contributed by atoms with van der Waals surface area (Å²) in [6.45, 7) is -0.0281. The Kier molecular flexibility index (Phi) is 3.93. The summed E-state index contributed by atoms with van der Waals surface area (Å²) >= 11 is 0. The molecule has 0 unspecified atom stereocenters. The van der Waals surface area contributed by atoms with Gasteiger partial charge in [-0.1, -0.05) is 19.4 Å². The summed E-state index contributed by atoms with van der Waals surface area (Å²) in [6.07, 6.45) is 0. The normalized spacial score (nSPS) is 15.3. The number of alkyl halides is 2. The van der Waals surface area contributed by atoms with Crippen molar-refractivity contribution in [1.29, 1.82) is 0 Å². The molecule has 0 bridgehead atoms. The van der Waals surface area contributed by atoms with E-state index in [0.29, 0.717) is 6.92 Å². The van der Waals surface area contributed by atoms with E-state index in [9.17, 15) is 33.3 Å². The number of halogens is 7. The molecule has 0 saturated heterocycles. The Hall–Kier alpha value is -2.61. The average molecular weight is 431 g/mol. The van der Waals surface area contributed by atoms with E-state index in [0.717, 1.165) is 16.6 Å². The lowest BCUT2D eigenvalue weighted by atomic mass is 10.3. The second-order valence-electron chi connectivity index (χ2n) is 5.94. The quantitative estimate of drug-likeness (QED) is 0.548. The van der Waals surface area contributed by atoms with Gasteiger partial charge in [0.25, 0.3) is 5.78 Å². The van der Waals surface area contributed by atoms with Gasteiger partial charge in [-0.2, -0.15) is 18.3 Å². The molecular weight excluding hydrogens is 419 g/mol. The largest absolute Gasteiger partial charge is 0.390 e. The van der Waals surface area contributed by atoms with E-state index >= 15 is 0 Å². The highest BCUT2D eigenvalue weighted by Crippen LogP contribution is 3.02. The highest BCUT2D eigenvalue weighted by Gasteiger charge is 2.65. The average Bonchev–Trinajstić information content (AvgIpc) is 2.97. The van der Waals surface area contributed by atoms with Crippen LogP contribution < -0.4 is 5.32 Å². The molecule has 0 aliphatic rings. The van der Waals surface area contributed by atoms with Gasteiger partial charge in [0.2, 0.25) is 5.82 Å². The van der Waals surface area contributed by atoms with E-state index in [4.69, 9.17) is 0 Å². The third-order valence-electron chi connectivity index (χ3n) is 3.49. The lowest BCUT2D eigenvalue weighted by molar-refractivity contribution is 0.00800. The summed E-state index contributed by atoms with van der Waals surface area (Å²) in [5.41, 5.74) is -0.0562. The van der Waals surface area contributed by atoms with E-state index in [1.54, 1.807) is 0 Å². The van der Waals surface area contributed by atoms with Crippen LogP contribution in [-0.4, -0.2) is 24.7 Å². The van der Waals surface area contributed by atoms with Crippen molar-refractivity contribution in [2.24, 2.45) is 0 Å². The zero-order valence-electron chi connectivity index (χ0n) is 13.9. The summed E-state index contributed by atoms with van der Waals surface area (Å²) in [5.74, 6) is -4.63. The number of nitrogens with one attached hydrogen (secondary N) is 1. The number of anilines is 2. The van der Waals surface area contributed by atoms with Gasteiger partial charge in [-0.15, -0.1) is 5.10 Å². The van der Waals surface area contributed by atoms with E-state index in [1.807, 2.05) is 0 Å². The maximum atomic E-state index is 13.5. The van der Waals surface area contributed by atoms with Crippen LogP contribution in [0.25, 0.3) is 5.78 Å². The molecule has 0 atom stereocenters. The molecule has 2 heterocycles. The predicted octanol–water partition coefficient (Wildman–Crippen LogP) is 5.13. The lowest BCUT2D eigenvalue weighted by Crippen LogP contribution is -2.10. The predicted molar refractivity (Wildman–Crippen MR) is 87.4 cm³/mol. The molecule has 6 nitrogen and oxygen atoms in total. The first-order valence-electron chi connectivity index (χ1n) is 7.44. The second kappa shape index (κ2) is 5.47. The lowest BCUT2D eigenvalue weighted by Gasteiger charge is -2.40. The van der Waals surface area contributed by atoms with Crippen LogP contribution in [0.5, 0.6) is 0 Å². The molecule has 0 saturated carbocycles. The Bertz CT molecular complexity index is 1050. The molecule has 0 aliphatic carbocycles. The third kappa shape index (κ3) is 4.11. The van der Waals surface area contributed by atoms with Gasteiger partial charge in [0.1, 0.15) is 10.7 Å². The molecule has 0 aliphatic heterocycles. The van der Waals surface area contributed by atoms with Gasteiger partial charge in [0.15, 0.2) is 0 Å². The van der Waals surface area contributed by atoms with Crippen molar-refractivity contribution in [3.05, 3.63) is 41.9 Å². The fourth-order valence-electron chi connectivity index (χ4n) is 2.22. The van der Waals surface area contributed by atoms with Gasteiger partial charge in [-0.25, -0.2) is 4.98 Å². The van der Waals surface area contributed by atoms with Crippen LogP contribution in [0, 0.1) is 0 Å². The van der Waals surface area contributed by atoms with Crippen LogP contribution in [0.15, 0.2) is 35.2 Å². The first-order valence-corrected chi connectivity index (χ1v) is 9.39. The zero-order chi connectivity index (χ0) is 21.0. The van der Waals surface area contributed by atoms with Crippen molar-refractivity contribution in [2.75, 3.05) is 5.32 Å². The van der Waals surface area contributed by atoms with Crippen LogP contribution in [0.3, 0.4) is 0 Å². The Morgan fingerprint density at radius 3 is 2.18 bits per heavy atom. The molecule has 28 heavy (non-hydrogen) atoms. The number of aromatic nitrogens is 4. The summed E-state index contributed by atoms with van der Waals surface area (Å²) in [5, 5.41) is 15.4. The van der Waals surface area contributed by atoms with E-state index in [-0.39, 0.29) is 35.1 Å². The molecule has 2 aromatic heterocycles. The van der Waals surface area contributed by atoms with Crippen molar-refractivity contribution in [2.45, 2.75) is 24.3 Å². The molecule has 154 valence electrons. The van der Waals surface area contributed by atoms with E-state index in [1.165, 1.54) is 6.07 Å². The summed E-state index contributed by atoms with van der Waals surface area (Å²) < 4.78 is 91.6. The Morgan fingerprint density at radius 2 is 1.68 bits per heavy atom. The Balaban J connectivity index is 2.03. The number of rotatable bonds is 5. The van der Waals surface area contributed by atoms with Gasteiger partial charge < -0.3 is 10.4 Å². The second-order valence-corrected chi connectivity index (χ2v) is 8.35. The number of hydrogen-bond acceptors (Lipinski definition) is 5. The molecule has 14 heteroatoms. The van der Waals surface area contributed by atoms with Crippen molar-refractivity contribution in [3.8, 4) is 0 Å². The number of hydrogen-bond donors (Lipinski definition) is 2. The fraction of sp³-hybridized carbons (Fsp3) is 0.214. The molecule has 0 spiro atoms. The minimum absolute atomic E-state index is 0.0111. The first-order chi connectivity index (χ1) is 12.6. The molecule has 2 N–H and O–H groups in total. The van der Waals surface area contributed by atoms with E-state index in [2.05, 4.69) is 20.4 Å². The number of benzene rings is 1. The SMILES string of the molecule is CC(F)(F)c1nc2nc(CO)cc(Nc3ccc(S(F)(F)(F)(F)F)cc3)n2n1. The molecule has 3 aromatic rings. The van der Waals surface area contributed by atoms with Crippen molar-refractivity contribution in [1.82, 2.24) is 19.6 Å². The van der Waals surface area contributed by atoms with Crippen LogP contribution in [0.2, 0.25) is 0 Å². The number of fused-ring (bicyclic) bond motifs is 1. The number of aliphatic hydroxyl groups is 1. The highest BCUT2D eigenvalue weighted by molar-refractivity contribution is 8.45. The minimum Gasteiger partial charge on any atom is -0.390 e. The minimum atomic E-state index is -9.82. The van der Waals surface area contributed by atoms with Crippen LogP contribution in [-0.2, 0) is 12.5 Å². The maximum absolute atomic E-state index is 13.5. The standard InChI is InChI=1S/C14H12F7N5OS/c1-14(15,16)12-24-13-23-9(7-27)6-11(26(13)25-12)22-8-2-4-10(5-3-8)28(17,18,19,20)21/h2-6,22,27H,7H2,1H3. The molecule has 0 radical (unpaired) electrons. The fourth-order valence-corrected chi connectivity index (χ4v) is 2.87. The molecule has 3 rings (SSSR count). The molecular formula is C14H12F7N5OS. The van der Waals surface area contributed by atoms with Gasteiger partial charge in [0.05, 0.1) is 12.3 Å². The Morgan fingerprint density at radius 1 is 1.07 bits per heavy atom. The zero-order valence-corrected chi connectivity index (χ0v) is 14.7. The van der Waals surface area contributed by atoms with Crippen molar-refractivity contribution >= 4 is 27.5 Å². The number of aliphatic hydroxyl groups excluding tert-OH is 1. The molecule has 0 fully saturated rings. The van der Waals surface area contributed by atoms with Gasteiger partial charge in [-0.3, -0.25) is 0 Å². The first kappa shape index (κ1) is 20.1. The maximum Gasteiger partial charge on any atom is 0.310 e. The van der Waals surface area contributed by atoms with E-state index < -0.39 is 33.5 Å². The Labute approximate surface area is 152 Å². The summed E-state index contributed by atoms with van der Waals surface area (Å²) in [6, 6.07) is 3.07. The monoisotopic (exact) mass is 431 g/mol. The smallest absolute Gasteiger partial charge is 0.310 e.